The first kappa shape index (κ1) is 19.1. The zero-order valence-corrected chi connectivity index (χ0v) is 14.9. The number of ketones is 1. The van der Waals surface area contributed by atoms with Crippen molar-refractivity contribution < 1.29 is 19.5 Å². The van der Waals surface area contributed by atoms with Gasteiger partial charge in [0.25, 0.3) is 5.91 Å². The average molecular weight is 352 g/mol. The molecule has 6 nitrogen and oxygen atoms in total. The van der Waals surface area contributed by atoms with Gasteiger partial charge in [-0.05, 0) is 38.5 Å². The van der Waals surface area contributed by atoms with E-state index in [0.29, 0.717) is 11.1 Å². The van der Waals surface area contributed by atoms with Crippen LogP contribution in [0.1, 0.15) is 43.8 Å². The van der Waals surface area contributed by atoms with Gasteiger partial charge < -0.3 is 5.11 Å². The van der Waals surface area contributed by atoms with E-state index in [9.17, 15) is 19.5 Å². The second kappa shape index (κ2) is 8.20. The molecule has 0 radical (unpaired) electrons. The second-order valence-corrected chi connectivity index (χ2v) is 6.09. The summed E-state index contributed by atoms with van der Waals surface area (Å²) in [6.45, 7) is 5.59. The molecule has 1 amide bonds. The minimum Gasteiger partial charge on any atom is -0.477 e. The van der Waals surface area contributed by atoms with Crippen molar-refractivity contribution in [1.29, 1.82) is 0 Å². The van der Waals surface area contributed by atoms with E-state index in [0.717, 1.165) is 16.7 Å². The van der Waals surface area contributed by atoms with Crippen LogP contribution in [-0.2, 0) is 4.79 Å². The normalized spacial score (nSPS) is 11.1. The Morgan fingerprint density at radius 1 is 0.962 bits per heavy atom. The lowest BCUT2D eigenvalue weighted by atomic mass is 9.99. The quantitative estimate of drug-likeness (QED) is 0.474. The third-order valence-corrected chi connectivity index (χ3v) is 3.86. The Morgan fingerprint density at radius 2 is 1.58 bits per heavy atom. The number of carbonyl (C=O) groups is 3. The van der Waals surface area contributed by atoms with Crippen LogP contribution in [0.2, 0.25) is 0 Å². The van der Waals surface area contributed by atoms with Crippen molar-refractivity contribution >= 4 is 23.4 Å². The molecule has 2 aromatic rings. The number of nitrogens with zero attached hydrogens (tertiary/aromatic N) is 1. The Hall–Kier alpha value is -3.28. The average Bonchev–Trinajstić information content (AvgIpc) is 2.58. The van der Waals surface area contributed by atoms with Gasteiger partial charge in [-0.25, -0.2) is 10.2 Å². The topological polar surface area (TPSA) is 95.8 Å². The molecule has 2 N–H and O–H groups in total. The monoisotopic (exact) mass is 352 g/mol. The number of amides is 1. The molecule has 6 heteroatoms. The van der Waals surface area contributed by atoms with E-state index in [2.05, 4.69) is 10.5 Å². The van der Waals surface area contributed by atoms with Gasteiger partial charge in [0, 0.05) is 11.1 Å². The van der Waals surface area contributed by atoms with E-state index in [1.165, 1.54) is 0 Å². The minimum absolute atomic E-state index is 0.352. The van der Waals surface area contributed by atoms with Crippen LogP contribution < -0.4 is 5.43 Å². The predicted molar refractivity (Wildman–Crippen MR) is 98.6 cm³/mol. The number of carboxylic acid groups (broad SMARTS) is 1. The third kappa shape index (κ3) is 4.86. The van der Waals surface area contributed by atoms with Gasteiger partial charge in [0.2, 0.25) is 0 Å². The van der Waals surface area contributed by atoms with E-state index in [1.807, 2.05) is 19.9 Å². The predicted octanol–water partition coefficient (Wildman–Crippen LogP) is 3.06. The van der Waals surface area contributed by atoms with Crippen LogP contribution in [0, 0.1) is 20.8 Å². The van der Waals surface area contributed by atoms with Crippen molar-refractivity contribution in [2.45, 2.75) is 27.2 Å². The van der Waals surface area contributed by atoms with Crippen LogP contribution in [0.5, 0.6) is 0 Å². The highest BCUT2D eigenvalue weighted by Crippen LogP contribution is 2.13. The smallest absolute Gasteiger partial charge is 0.352 e. The van der Waals surface area contributed by atoms with Crippen molar-refractivity contribution in [3.05, 3.63) is 70.3 Å². The largest absolute Gasteiger partial charge is 0.477 e. The summed E-state index contributed by atoms with van der Waals surface area (Å²) in [6, 6.07) is 12.1. The number of nitrogens with one attached hydrogen (secondary N) is 1. The lowest BCUT2D eigenvalue weighted by molar-refractivity contribution is -0.129. The summed E-state index contributed by atoms with van der Waals surface area (Å²) in [4.78, 5) is 35.8. The summed E-state index contributed by atoms with van der Waals surface area (Å²) in [5.41, 5.74) is 5.34. The Morgan fingerprint density at radius 3 is 2.15 bits per heavy atom. The zero-order valence-electron chi connectivity index (χ0n) is 14.9. The van der Waals surface area contributed by atoms with Crippen LogP contribution in [0.25, 0.3) is 0 Å². The molecule has 134 valence electrons. The molecule has 0 aromatic heterocycles. The van der Waals surface area contributed by atoms with Crippen molar-refractivity contribution in [2.24, 2.45) is 5.10 Å². The molecular formula is C20H20N2O4. The lowest BCUT2D eigenvalue weighted by Gasteiger charge is -2.07. The van der Waals surface area contributed by atoms with Crippen molar-refractivity contribution in [1.82, 2.24) is 5.43 Å². The number of aryl methyl sites for hydroxylation is 3. The molecule has 0 fully saturated rings. The Kier molecular flexibility index (Phi) is 6.01. The highest BCUT2D eigenvalue weighted by atomic mass is 16.4. The molecule has 0 bridgehead atoms. The molecule has 2 aromatic carbocycles. The molecular weight excluding hydrogens is 332 g/mol. The molecule has 0 aliphatic heterocycles. The molecule has 0 unspecified atom stereocenters. The summed E-state index contributed by atoms with van der Waals surface area (Å²) in [5, 5.41) is 12.9. The summed E-state index contributed by atoms with van der Waals surface area (Å²) in [6.07, 6.45) is -0.409. The first-order valence-corrected chi connectivity index (χ1v) is 8.05. The van der Waals surface area contributed by atoms with Gasteiger partial charge in [-0.1, -0.05) is 41.5 Å². The first-order valence-electron chi connectivity index (χ1n) is 8.05. The molecule has 0 aliphatic carbocycles. The standard InChI is InChI=1S/C20H20N2O4/c1-12-4-7-15(8-5-12)19(24)22-21-17(20(25)26)11-18(23)16-9-6-13(2)10-14(16)3/h4-10H,11H2,1-3H3,(H,22,24)(H,25,26). The molecule has 0 saturated heterocycles. The number of Topliss-reactive ketones (excluding diaryl/α,β-unsaturated/α-hetero) is 1. The Bertz CT molecular complexity index is 883. The van der Waals surface area contributed by atoms with E-state index < -0.39 is 24.0 Å². The maximum Gasteiger partial charge on any atom is 0.352 e. The zero-order chi connectivity index (χ0) is 19.3. The van der Waals surface area contributed by atoms with Crippen molar-refractivity contribution in [3.63, 3.8) is 0 Å². The summed E-state index contributed by atoms with van der Waals surface area (Å²) < 4.78 is 0. The number of hydrogen-bond acceptors (Lipinski definition) is 4. The van der Waals surface area contributed by atoms with Gasteiger partial charge in [-0.15, -0.1) is 0 Å². The van der Waals surface area contributed by atoms with Gasteiger partial charge in [0.15, 0.2) is 11.5 Å². The fourth-order valence-electron chi connectivity index (χ4n) is 2.42. The number of hydrazone groups is 1. The molecule has 26 heavy (non-hydrogen) atoms. The number of rotatable bonds is 6. The maximum atomic E-state index is 12.4. The molecule has 0 heterocycles. The van der Waals surface area contributed by atoms with Crippen molar-refractivity contribution in [2.75, 3.05) is 0 Å². The Labute approximate surface area is 151 Å². The molecule has 2 rings (SSSR count). The second-order valence-electron chi connectivity index (χ2n) is 6.09. The fraction of sp³-hybridized carbons (Fsp3) is 0.200. The van der Waals surface area contributed by atoms with E-state index in [-0.39, 0.29) is 5.78 Å². The first-order chi connectivity index (χ1) is 12.3. The lowest BCUT2D eigenvalue weighted by Crippen LogP contribution is -2.25. The van der Waals surface area contributed by atoms with Crippen LogP contribution in [0.3, 0.4) is 0 Å². The summed E-state index contributed by atoms with van der Waals surface area (Å²) in [7, 11) is 0. The van der Waals surface area contributed by atoms with Crippen LogP contribution in [0.15, 0.2) is 47.6 Å². The van der Waals surface area contributed by atoms with Gasteiger partial charge in [-0.3, -0.25) is 9.59 Å². The third-order valence-electron chi connectivity index (χ3n) is 3.86. The molecule has 0 spiro atoms. The molecule has 0 saturated carbocycles. The van der Waals surface area contributed by atoms with Crippen LogP contribution >= 0.6 is 0 Å². The highest BCUT2D eigenvalue weighted by Gasteiger charge is 2.18. The van der Waals surface area contributed by atoms with Crippen LogP contribution in [-0.4, -0.2) is 28.5 Å². The van der Waals surface area contributed by atoms with Crippen LogP contribution in [0.4, 0.5) is 0 Å². The van der Waals surface area contributed by atoms with Gasteiger partial charge >= 0.3 is 5.97 Å². The van der Waals surface area contributed by atoms with Gasteiger partial charge in [-0.2, -0.15) is 5.10 Å². The maximum absolute atomic E-state index is 12.4. The minimum atomic E-state index is -1.35. The van der Waals surface area contributed by atoms with Gasteiger partial charge in [0.1, 0.15) is 0 Å². The number of carbonyl (C=O) groups excluding carboxylic acids is 2. The number of aliphatic carboxylic acids is 1. The summed E-state index contributed by atoms with van der Waals surface area (Å²) in [5.74, 6) is -2.26. The van der Waals surface area contributed by atoms with E-state index >= 15 is 0 Å². The summed E-state index contributed by atoms with van der Waals surface area (Å²) >= 11 is 0. The van der Waals surface area contributed by atoms with Crippen molar-refractivity contribution in [3.8, 4) is 0 Å². The number of benzene rings is 2. The molecule has 0 atom stereocenters. The van der Waals surface area contributed by atoms with E-state index in [4.69, 9.17) is 0 Å². The fourth-order valence-corrected chi connectivity index (χ4v) is 2.42. The number of hydrogen-bond donors (Lipinski definition) is 2. The Balaban J connectivity index is 2.13. The number of carboxylic acids is 1. The van der Waals surface area contributed by atoms with Gasteiger partial charge in [0.05, 0.1) is 6.42 Å². The SMILES string of the molecule is Cc1ccc(C(=O)NN=C(CC(=O)c2ccc(C)cc2C)C(=O)O)cc1. The van der Waals surface area contributed by atoms with E-state index in [1.54, 1.807) is 43.3 Å². The highest BCUT2D eigenvalue weighted by molar-refractivity contribution is 6.40. The molecule has 0 aliphatic rings.